The van der Waals surface area contributed by atoms with Gasteiger partial charge in [0.1, 0.15) is 6.61 Å². The lowest BCUT2D eigenvalue weighted by Gasteiger charge is -2.11. The van der Waals surface area contributed by atoms with Gasteiger partial charge in [-0.2, -0.15) is 5.10 Å². The Morgan fingerprint density at radius 2 is 2.19 bits per heavy atom. The quantitative estimate of drug-likeness (QED) is 0.921. The van der Waals surface area contributed by atoms with Gasteiger partial charge in [-0.15, -0.1) is 0 Å². The third-order valence-electron chi connectivity index (χ3n) is 3.35. The maximum atomic E-state index is 13.9. The fourth-order valence-electron chi connectivity index (χ4n) is 2.04. The van der Waals surface area contributed by atoms with E-state index in [1.54, 1.807) is 30.8 Å². The van der Waals surface area contributed by atoms with Crippen LogP contribution in [0.4, 0.5) is 4.39 Å². The first kappa shape index (κ1) is 15.8. The van der Waals surface area contributed by atoms with E-state index in [1.807, 2.05) is 6.92 Å². The van der Waals surface area contributed by atoms with Crippen molar-refractivity contribution in [3.05, 3.63) is 46.0 Å². The van der Waals surface area contributed by atoms with Gasteiger partial charge in [-0.25, -0.2) is 4.39 Å². The van der Waals surface area contributed by atoms with E-state index >= 15 is 0 Å². The summed E-state index contributed by atoms with van der Waals surface area (Å²) in [6.45, 7) is 3.94. The molecule has 0 fully saturated rings. The largest absolute Gasteiger partial charge is 0.484 e. The number of halogens is 2. The smallest absolute Gasteiger partial charge is 0.165 e. The molecule has 1 aromatic heterocycles. The molecule has 0 spiro atoms. The molecule has 0 saturated heterocycles. The number of ether oxygens (including phenoxy) is 1. The Kier molecular flexibility index (Phi) is 4.85. The Bertz CT molecular complexity index is 640. The number of nitrogens with zero attached hydrogens (tertiary/aromatic N) is 2. The monoisotopic (exact) mass is 311 g/mol. The SMILES string of the molecule is CCc1nn(C)c(COc2ccc(C(C)N)cc2F)c1Cl. The standard InChI is InChI=1S/C15H19ClFN3O/c1-4-12-15(16)13(20(3)19-12)8-21-14-6-5-10(9(2)18)7-11(14)17/h5-7,9H,4,8,18H2,1-3H3. The lowest BCUT2D eigenvalue weighted by Crippen LogP contribution is -2.07. The van der Waals surface area contributed by atoms with Gasteiger partial charge in [0, 0.05) is 13.1 Å². The molecule has 6 heteroatoms. The third kappa shape index (κ3) is 3.36. The van der Waals surface area contributed by atoms with Crippen LogP contribution in [0.2, 0.25) is 5.02 Å². The average molecular weight is 312 g/mol. The van der Waals surface area contributed by atoms with E-state index in [0.717, 1.165) is 23.4 Å². The predicted octanol–water partition coefficient (Wildman–Crippen LogP) is 3.37. The van der Waals surface area contributed by atoms with Gasteiger partial charge in [-0.3, -0.25) is 4.68 Å². The molecule has 0 aliphatic carbocycles. The van der Waals surface area contributed by atoms with Gasteiger partial charge in [0.15, 0.2) is 11.6 Å². The molecule has 1 atom stereocenters. The maximum absolute atomic E-state index is 13.9. The molecule has 0 radical (unpaired) electrons. The van der Waals surface area contributed by atoms with E-state index in [-0.39, 0.29) is 18.4 Å². The summed E-state index contributed by atoms with van der Waals surface area (Å²) < 4.78 is 21.1. The van der Waals surface area contributed by atoms with Crippen LogP contribution in [-0.4, -0.2) is 9.78 Å². The van der Waals surface area contributed by atoms with Crippen molar-refractivity contribution in [1.82, 2.24) is 9.78 Å². The van der Waals surface area contributed by atoms with Crippen molar-refractivity contribution in [1.29, 1.82) is 0 Å². The van der Waals surface area contributed by atoms with E-state index < -0.39 is 5.82 Å². The van der Waals surface area contributed by atoms with Crippen molar-refractivity contribution < 1.29 is 9.13 Å². The van der Waals surface area contributed by atoms with Gasteiger partial charge in [0.05, 0.1) is 16.4 Å². The van der Waals surface area contributed by atoms with Gasteiger partial charge < -0.3 is 10.5 Å². The van der Waals surface area contributed by atoms with Crippen molar-refractivity contribution in [2.75, 3.05) is 0 Å². The van der Waals surface area contributed by atoms with E-state index in [2.05, 4.69) is 5.10 Å². The summed E-state index contributed by atoms with van der Waals surface area (Å²) in [4.78, 5) is 0. The van der Waals surface area contributed by atoms with Crippen LogP contribution in [0.3, 0.4) is 0 Å². The van der Waals surface area contributed by atoms with Crippen molar-refractivity contribution in [3.8, 4) is 5.75 Å². The molecule has 4 nitrogen and oxygen atoms in total. The molecule has 114 valence electrons. The number of aryl methyl sites for hydroxylation is 2. The summed E-state index contributed by atoms with van der Waals surface area (Å²) in [6.07, 6.45) is 0.740. The molecule has 0 saturated carbocycles. The molecule has 0 amide bonds. The second-order valence-electron chi connectivity index (χ2n) is 4.95. The fourth-order valence-corrected chi connectivity index (χ4v) is 2.39. The second kappa shape index (κ2) is 6.45. The molecule has 1 aromatic carbocycles. The third-order valence-corrected chi connectivity index (χ3v) is 3.79. The lowest BCUT2D eigenvalue weighted by atomic mass is 10.1. The van der Waals surface area contributed by atoms with Gasteiger partial charge >= 0.3 is 0 Å². The number of benzene rings is 1. The zero-order valence-electron chi connectivity index (χ0n) is 12.4. The van der Waals surface area contributed by atoms with Crippen LogP contribution in [0.25, 0.3) is 0 Å². The fraction of sp³-hybridized carbons (Fsp3) is 0.400. The number of hydrogen-bond acceptors (Lipinski definition) is 3. The molecular weight excluding hydrogens is 293 g/mol. The van der Waals surface area contributed by atoms with Crippen molar-refractivity contribution in [2.24, 2.45) is 12.8 Å². The van der Waals surface area contributed by atoms with Crippen LogP contribution in [0.1, 0.15) is 36.8 Å². The number of rotatable bonds is 5. The first-order valence-corrected chi connectivity index (χ1v) is 7.19. The first-order valence-electron chi connectivity index (χ1n) is 6.82. The summed E-state index contributed by atoms with van der Waals surface area (Å²) in [5.41, 5.74) is 7.98. The summed E-state index contributed by atoms with van der Waals surface area (Å²) in [5, 5.41) is 4.87. The van der Waals surface area contributed by atoms with Crippen LogP contribution in [0.5, 0.6) is 5.75 Å². The van der Waals surface area contributed by atoms with Crippen molar-refractivity contribution >= 4 is 11.6 Å². The highest BCUT2D eigenvalue weighted by molar-refractivity contribution is 6.31. The van der Waals surface area contributed by atoms with Gasteiger partial charge in [-0.1, -0.05) is 24.6 Å². The predicted molar refractivity (Wildman–Crippen MR) is 80.9 cm³/mol. The molecule has 1 unspecified atom stereocenters. The Hall–Kier alpha value is -1.59. The topological polar surface area (TPSA) is 53.1 Å². The molecule has 2 aromatic rings. The Balaban J connectivity index is 2.15. The van der Waals surface area contributed by atoms with E-state index in [0.29, 0.717) is 5.02 Å². The van der Waals surface area contributed by atoms with Crippen LogP contribution < -0.4 is 10.5 Å². The lowest BCUT2D eigenvalue weighted by molar-refractivity contribution is 0.280. The number of hydrogen-bond donors (Lipinski definition) is 1. The second-order valence-corrected chi connectivity index (χ2v) is 5.33. The summed E-state index contributed by atoms with van der Waals surface area (Å²) >= 11 is 6.23. The molecule has 2 rings (SSSR count). The molecule has 0 aliphatic rings. The minimum atomic E-state index is -0.432. The molecule has 0 bridgehead atoms. The van der Waals surface area contributed by atoms with Crippen LogP contribution in [0, 0.1) is 5.82 Å². The average Bonchev–Trinajstić information content (AvgIpc) is 2.72. The van der Waals surface area contributed by atoms with Gasteiger partial charge in [-0.05, 0) is 31.0 Å². The van der Waals surface area contributed by atoms with Crippen LogP contribution >= 0.6 is 11.6 Å². The summed E-state index contributed by atoms with van der Waals surface area (Å²) in [5.74, 6) is -0.256. The highest BCUT2D eigenvalue weighted by atomic mass is 35.5. The van der Waals surface area contributed by atoms with E-state index in [1.165, 1.54) is 6.07 Å². The maximum Gasteiger partial charge on any atom is 0.165 e. The minimum absolute atomic E-state index is 0.163. The molecule has 0 aliphatic heterocycles. The molecular formula is C15H19ClFN3O. The number of aromatic nitrogens is 2. The summed E-state index contributed by atoms with van der Waals surface area (Å²) in [6, 6.07) is 4.51. The Morgan fingerprint density at radius 1 is 1.48 bits per heavy atom. The van der Waals surface area contributed by atoms with Crippen LogP contribution in [0.15, 0.2) is 18.2 Å². The zero-order valence-corrected chi connectivity index (χ0v) is 13.1. The highest BCUT2D eigenvalue weighted by Crippen LogP contribution is 2.25. The Morgan fingerprint density at radius 3 is 2.71 bits per heavy atom. The van der Waals surface area contributed by atoms with Gasteiger partial charge in [0.25, 0.3) is 0 Å². The molecule has 1 heterocycles. The normalized spacial score (nSPS) is 12.5. The van der Waals surface area contributed by atoms with E-state index in [9.17, 15) is 4.39 Å². The first-order chi connectivity index (χ1) is 9.93. The van der Waals surface area contributed by atoms with Crippen molar-refractivity contribution in [2.45, 2.75) is 32.9 Å². The molecule has 21 heavy (non-hydrogen) atoms. The highest BCUT2D eigenvalue weighted by Gasteiger charge is 2.14. The van der Waals surface area contributed by atoms with Crippen molar-refractivity contribution in [3.63, 3.8) is 0 Å². The van der Waals surface area contributed by atoms with E-state index in [4.69, 9.17) is 22.1 Å². The Labute approximate surface area is 128 Å². The molecule has 2 N–H and O–H groups in total. The van der Waals surface area contributed by atoms with Gasteiger partial charge in [0.2, 0.25) is 0 Å². The zero-order chi connectivity index (χ0) is 15.6. The van der Waals surface area contributed by atoms with Crippen LogP contribution in [-0.2, 0) is 20.1 Å². The number of nitrogens with two attached hydrogens (primary N) is 1. The minimum Gasteiger partial charge on any atom is -0.484 e. The summed E-state index contributed by atoms with van der Waals surface area (Å²) in [7, 11) is 1.79.